The smallest absolute Gasteiger partial charge is 0.0521 e. The van der Waals surface area contributed by atoms with Crippen molar-refractivity contribution in [3.63, 3.8) is 0 Å². The lowest BCUT2D eigenvalue weighted by Crippen LogP contribution is -2.12. The highest BCUT2D eigenvalue weighted by Crippen LogP contribution is 2.06. The molecule has 1 N–H and O–H groups in total. The van der Waals surface area contributed by atoms with E-state index in [0.717, 1.165) is 13.1 Å². The van der Waals surface area contributed by atoms with Crippen LogP contribution < -0.4 is 5.32 Å². The summed E-state index contributed by atoms with van der Waals surface area (Å²) in [5.74, 6) is 0. The zero-order valence-electron chi connectivity index (χ0n) is 10.00. The maximum Gasteiger partial charge on any atom is 0.0521 e. The van der Waals surface area contributed by atoms with Gasteiger partial charge in [-0.15, -0.1) is 0 Å². The van der Waals surface area contributed by atoms with E-state index in [0.29, 0.717) is 0 Å². The Morgan fingerprint density at radius 2 is 2.07 bits per heavy atom. The summed E-state index contributed by atoms with van der Waals surface area (Å²) < 4.78 is 2.11. The largest absolute Gasteiger partial charge is 0.314 e. The summed E-state index contributed by atoms with van der Waals surface area (Å²) in [7, 11) is 1.97. The van der Waals surface area contributed by atoms with E-state index in [2.05, 4.69) is 28.1 Å². The fourth-order valence-corrected chi connectivity index (χ4v) is 1.76. The first-order valence-electron chi connectivity index (χ1n) is 6.03. The molecule has 0 fully saturated rings. The topological polar surface area (TPSA) is 29.9 Å². The molecule has 0 aliphatic carbocycles. The Labute approximate surface area is 92.9 Å². The van der Waals surface area contributed by atoms with E-state index in [-0.39, 0.29) is 0 Å². The van der Waals surface area contributed by atoms with Crippen molar-refractivity contribution in [2.24, 2.45) is 0 Å². The minimum absolute atomic E-state index is 0.912. The van der Waals surface area contributed by atoms with Gasteiger partial charge in [-0.3, -0.25) is 4.68 Å². The third-order valence-corrected chi connectivity index (χ3v) is 2.64. The third kappa shape index (κ3) is 4.47. The van der Waals surface area contributed by atoms with Gasteiger partial charge in [0.05, 0.1) is 5.69 Å². The molecule has 0 spiro atoms. The minimum atomic E-state index is 0.912. The number of unbranched alkanes of at least 4 members (excludes halogenated alkanes) is 4. The summed E-state index contributed by atoms with van der Waals surface area (Å²) in [6, 6.07) is 2.09. The Morgan fingerprint density at radius 3 is 2.80 bits per heavy atom. The second kappa shape index (κ2) is 7.46. The van der Waals surface area contributed by atoms with Gasteiger partial charge in [-0.2, -0.15) is 5.10 Å². The van der Waals surface area contributed by atoms with Crippen LogP contribution in [-0.4, -0.2) is 16.8 Å². The Bertz CT molecular complexity index is 255. The number of hydrogen-bond acceptors (Lipinski definition) is 2. The van der Waals surface area contributed by atoms with E-state index in [9.17, 15) is 0 Å². The van der Waals surface area contributed by atoms with Gasteiger partial charge in [0.15, 0.2) is 0 Å². The lowest BCUT2D eigenvalue weighted by atomic mass is 10.1. The second-order valence-electron chi connectivity index (χ2n) is 3.99. The molecule has 0 radical (unpaired) electrons. The lowest BCUT2D eigenvalue weighted by molar-refractivity contribution is 0.512. The molecular weight excluding hydrogens is 186 g/mol. The van der Waals surface area contributed by atoms with Crippen LogP contribution in [0.2, 0.25) is 0 Å². The zero-order valence-corrected chi connectivity index (χ0v) is 10.00. The molecule has 0 amide bonds. The first-order chi connectivity index (χ1) is 7.38. The van der Waals surface area contributed by atoms with Gasteiger partial charge in [-0.1, -0.05) is 32.6 Å². The molecule has 0 aliphatic rings. The molecule has 0 aliphatic heterocycles. The Balaban J connectivity index is 2.21. The average Bonchev–Trinajstić information content (AvgIpc) is 2.66. The SMILES string of the molecule is CCCCCCCn1nccc1CNC. The van der Waals surface area contributed by atoms with Crippen LogP contribution in [-0.2, 0) is 13.1 Å². The van der Waals surface area contributed by atoms with Gasteiger partial charge in [-0.05, 0) is 19.5 Å². The van der Waals surface area contributed by atoms with Gasteiger partial charge >= 0.3 is 0 Å². The molecule has 0 bridgehead atoms. The summed E-state index contributed by atoms with van der Waals surface area (Å²) in [4.78, 5) is 0. The van der Waals surface area contributed by atoms with Crippen molar-refractivity contribution in [1.82, 2.24) is 15.1 Å². The highest BCUT2D eigenvalue weighted by Gasteiger charge is 2.00. The van der Waals surface area contributed by atoms with Crippen molar-refractivity contribution >= 4 is 0 Å². The molecule has 0 atom stereocenters. The van der Waals surface area contributed by atoms with Crippen LogP contribution in [0.4, 0.5) is 0 Å². The van der Waals surface area contributed by atoms with Gasteiger partial charge < -0.3 is 5.32 Å². The predicted octanol–water partition coefficient (Wildman–Crippen LogP) is 2.57. The molecular formula is C12H23N3. The monoisotopic (exact) mass is 209 g/mol. The van der Waals surface area contributed by atoms with Crippen LogP contribution in [0.25, 0.3) is 0 Å². The number of nitrogens with one attached hydrogen (secondary N) is 1. The van der Waals surface area contributed by atoms with Crippen molar-refractivity contribution < 1.29 is 0 Å². The molecule has 0 aromatic carbocycles. The molecule has 1 aromatic rings. The molecule has 3 nitrogen and oxygen atoms in total. The van der Waals surface area contributed by atoms with Gasteiger partial charge in [-0.25, -0.2) is 0 Å². The Kier molecular flexibility index (Phi) is 6.09. The second-order valence-corrected chi connectivity index (χ2v) is 3.99. The van der Waals surface area contributed by atoms with E-state index in [1.165, 1.54) is 37.8 Å². The van der Waals surface area contributed by atoms with Crippen LogP contribution in [0, 0.1) is 0 Å². The third-order valence-electron chi connectivity index (χ3n) is 2.64. The summed E-state index contributed by atoms with van der Waals surface area (Å²) in [6.07, 6.45) is 8.50. The fraction of sp³-hybridized carbons (Fsp3) is 0.750. The van der Waals surface area contributed by atoms with Crippen molar-refractivity contribution in [3.05, 3.63) is 18.0 Å². The number of nitrogens with zero attached hydrogens (tertiary/aromatic N) is 2. The standard InChI is InChI=1S/C12H23N3/c1-3-4-5-6-7-10-15-12(11-13-2)8-9-14-15/h8-9,13H,3-7,10-11H2,1-2H3. The Morgan fingerprint density at radius 1 is 1.27 bits per heavy atom. The molecule has 0 saturated carbocycles. The van der Waals surface area contributed by atoms with Gasteiger partial charge in [0, 0.05) is 19.3 Å². The summed E-state index contributed by atoms with van der Waals surface area (Å²) in [5, 5.41) is 7.49. The van der Waals surface area contributed by atoms with Crippen molar-refractivity contribution in [2.45, 2.75) is 52.1 Å². The quantitative estimate of drug-likeness (QED) is 0.667. The maximum absolute atomic E-state index is 4.33. The molecule has 1 heterocycles. The van der Waals surface area contributed by atoms with E-state index in [4.69, 9.17) is 0 Å². The van der Waals surface area contributed by atoms with Crippen molar-refractivity contribution in [2.75, 3.05) is 7.05 Å². The zero-order chi connectivity index (χ0) is 10.9. The van der Waals surface area contributed by atoms with Gasteiger partial charge in [0.25, 0.3) is 0 Å². The number of hydrogen-bond donors (Lipinski definition) is 1. The number of aromatic nitrogens is 2. The van der Waals surface area contributed by atoms with E-state index in [1.807, 2.05) is 13.2 Å². The molecule has 1 rings (SSSR count). The maximum atomic E-state index is 4.33. The average molecular weight is 209 g/mol. The van der Waals surface area contributed by atoms with Crippen LogP contribution in [0.1, 0.15) is 44.7 Å². The van der Waals surface area contributed by atoms with Crippen LogP contribution in [0.3, 0.4) is 0 Å². The Hall–Kier alpha value is -0.830. The van der Waals surface area contributed by atoms with Crippen molar-refractivity contribution in [1.29, 1.82) is 0 Å². The van der Waals surface area contributed by atoms with Crippen LogP contribution in [0.5, 0.6) is 0 Å². The predicted molar refractivity (Wildman–Crippen MR) is 63.7 cm³/mol. The number of aryl methyl sites for hydroxylation is 1. The van der Waals surface area contributed by atoms with E-state index in [1.54, 1.807) is 0 Å². The van der Waals surface area contributed by atoms with Gasteiger partial charge in [0.2, 0.25) is 0 Å². The molecule has 0 saturated heterocycles. The summed E-state index contributed by atoms with van der Waals surface area (Å²) >= 11 is 0. The first kappa shape index (κ1) is 12.2. The van der Waals surface area contributed by atoms with Crippen LogP contribution in [0.15, 0.2) is 12.3 Å². The lowest BCUT2D eigenvalue weighted by Gasteiger charge is -2.06. The molecule has 3 heteroatoms. The minimum Gasteiger partial charge on any atom is -0.314 e. The van der Waals surface area contributed by atoms with E-state index < -0.39 is 0 Å². The summed E-state index contributed by atoms with van der Waals surface area (Å²) in [6.45, 7) is 4.22. The normalized spacial score (nSPS) is 10.8. The van der Waals surface area contributed by atoms with Gasteiger partial charge in [0.1, 0.15) is 0 Å². The fourth-order valence-electron chi connectivity index (χ4n) is 1.76. The molecule has 15 heavy (non-hydrogen) atoms. The van der Waals surface area contributed by atoms with Crippen molar-refractivity contribution in [3.8, 4) is 0 Å². The molecule has 0 unspecified atom stereocenters. The molecule has 86 valence electrons. The molecule has 1 aromatic heterocycles. The highest BCUT2D eigenvalue weighted by atomic mass is 15.3. The highest BCUT2D eigenvalue weighted by molar-refractivity contribution is 4.99. The van der Waals surface area contributed by atoms with E-state index >= 15 is 0 Å². The summed E-state index contributed by atoms with van der Waals surface area (Å²) in [5.41, 5.74) is 1.29. The van der Waals surface area contributed by atoms with Crippen LogP contribution >= 0.6 is 0 Å². The first-order valence-corrected chi connectivity index (χ1v) is 6.03. The number of rotatable bonds is 8.